The molecular formula is C13H17NO2. The van der Waals surface area contributed by atoms with Crippen molar-refractivity contribution in [2.24, 2.45) is 5.92 Å². The van der Waals surface area contributed by atoms with E-state index < -0.39 is 0 Å². The van der Waals surface area contributed by atoms with E-state index in [0.29, 0.717) is 5.56 Å². The molecule has 0 radical (unpaired) electrons. The minimum absolute atomic E-state index is 0.0238. The Bertz CT molecular complexity index is 357. The van der Waals surface area contributed by atoms with Crippen LogP contribution >= 0.6 is 0 Å². The summed E-state index contributed by atoms with van der Waals surface area (Å²) < 4.78 is 0. The molecule has 1 amide bonds. The summed E-state index contributed by atoms with van der Waals surface area (Å²) in [4.78, 5) is 22.1. The lowest BCUT2D eigenvalue weighted by molar-refractivity contribution is -0.119. The number of hydrogen-bond donors (Lipinski definition) is 1. The lowest BCUT2D eigenvalue weighted by Gasteiger charge is -2.10. The lowest BCUT2D eigenvalue weighted by atomic mass is 10.1. The maximum Gasteiger partial charge on any atom is 0.227 e. The third kappa shape index (κ3) is 3.50. The summed E-state index contributed by atoms with van der Waals surface area (Å²) >= 11 is 0. The molecule has 16 heavy (non-hydrogen) atoms. The fourth-order valence-electron chi connectivity index (χ4n) is 1.47. The predicted octanol–water partition coefficient (Wildman–Crippen LogP) is 2.87. The summed E-state index contributed by atoms with van der Waals surface area (Å²) in [5, 5.41) is 2.82. The van der Waals surface area contributed by atoms with Crippen molar-refractivity contribution < 1.29 is 9.59 Å². The van der Waals surface area contributed by atoms with Gasteiger partial charge < -0.3 is 5.32 Å². The van der Waals surface area contributed by atoms with Gasteiger partial charge in [0.25, 0.3) is 0 Å². The van der Waals surface area contributed by atoms with Gasteiger partial charge in [0, 0.05) is 17.2 Å². The van der Waals surface area contributed by atoms with Crippen LogP contribution in [-0.2, 0) is 4.79 Å². The highest BCUT2D eigenvalue weighted by molar-refractivity contribution is 5.92. The molecule has 0 spiro atoms. The van der Waals surface area contributed by atoms with Gasteiger partial charge in [-0.25, -0.2) is 0 Å². The van der Waals surface area contributed by atoms with E-state index in [1.165, 1.54) is 0 Å². The van der Waals surface area contributed by atoms with Gasteiger partial charge in [-0.3, -0.25) is 9.59 Å². The first-order valence-corrected chi connectivity index (χ1v) is 5.53. The molecule has 3 heteroatoms. The highest BCUT2D eigenvalue weighted by Gasteiger charge is 2.11. The van der Waals surface area contributed by atoms with E-state index in [0.717, 1.165) is 24.8 Å². The van der Waals surface area contributed by atoms with E-state index in [1.807, 2.05) is 6.92 Å². The largest absolute Gasteiger partial charge is 0.326 e. The van der Waals surface area contributed by atoms with Crippen molar-refractivity contribution in [1.29, 1.82) is 0 Å². The van der Waals surface area contributed by atoms with Crippen molar-refractivity contribution in [3.63, 3.8) is 0 Å². The molecule has 1 aromatic carbocycles. The summed E-state index contributed by atoms with van der Waals surface area (Å²) in [6, 6.07) is 6.85. The smallest absolute Gasteiger partial charge is 0.227 e. The number of aldehydes is 1. The highest BCUT2D eigenvalue weighted by Crippen LogP contribution is 2.12. The minimum atomic E-state index is 0.0238. The van der Waals surface area contributed by atoms with Crippen LogP contribution in [0, 0.1) is 5.92 Å². The summed E-state index contributed by atoms with van der Waals surface area (Å²) in [6.45, 7) is 3.97. The van der Waals surface area contributed by atoms with Crippen LogP contribution < -0.4 is 5.32 Å². The number of carbonyl (C=O) groups excluding carboxylic acids is 2. The Hall–Kier alpha value is -1.64. The molecule has 0 saturated carbocycles. The molecule has 0 bridgehead atoms. The zero-order valence-corrected chi connectivity index (χ0v) is 9.69. The second-order valence-corrected chi connectivity index (χ2v) is 3.92. The standard InChI is InChI=1S/C13H17NO2/c1-3-4-10(2)13(16)14-12-7-5-11(9-15)6-8-12/h5-10H,3-4H2,1-2H3,(H,14,16). The van der Waals surface area contributed by atoms with Crippen LogP contribution in [0.1, 0.15) is 37.0 Å². The van der Waals surface area contributed by atoms with Crippen molar-refractivity contribution in [3.8, 4) is 0 Å². The Morgan fingerprint density at radius 2 is 2.00 bits per heavy atom. The summed E-state index contributed by atoms with van der Waals surface area (Å²) in [5.41, 5.74) is 1.35. The van der Waals surface area contributed by atoms with Crippen LogP contribution in [0.4, 0.5) is 5.69 Å². The maximum absolute atomic E-state index is 11.7. The van der Waals surface area contributed by atoms with Crippen LogP contribution in [0.2, 0.25) is 0 Å². The van der Waals surface area contributed by atoms with Gasteiger partial charge in [-0.1, -0.05) is 20.3 Å². The average molecular weight is 219 g/mol. The SMILES string of the molecule is CCCC(C)C(=O)Nc1ccc(C=O)cc1. The van der Waals surface area contributed by atoms with E-state index in [4.69, 9.17) is 0 Å². The van der Waals surface area contributed by atoms with Crippen LogP contribution in [0.25, 0.3) is 0 Å². The first kappa shape index (κ1) is 12.4. The Labute approximate surface area is 95.9 Å². The normalized spacial score (nSPS) is 11.9. The third-order valence-corrected chi connectivity index (χ3v) is 2.48. The molecule has 0 aliphatic rings. The minimum Gasteiger partial charge on any atom is -0.326 e. The van der Waals surface area contributed by atoms with Crippen LogP contribution in [-0.4, -0.2) is 12.2 Å². The molecule has 0 aliphatic heterocycles. The van der Waals surface area contributed by atoms with Crippen LogP contribution in [0.15, 0.2) is 24.3 Å². The fourth-order valence-corrected chi connectivity index (χ4v) is 1.47. The van der Waals surface area contributed by atoms with E-state index in [1.54, 1.807) is 24.3 Å². The van der Waals surface area contributed by atoms with Gasteiger partial charge in [0.1, 0.15) is 6.29 Å². The van der Waals surface area contributed by atoms with Crippen molar-refractivity contribution in [2.75, 3.05) is 5.32 Å². The first-order chi connectivity index (χ1) is 7.67. The Morgan fingerprint density at radius 3 is 2.50 bits per heavy atom. The number of hydrogen-bond acceptors (Lipinski definition) is 2. The number of carbonyl (C=O) groups is 2. The summed E-state index contributed by atoms with van der Waals surface area (Å²) in [7, 11) is 0. The molecule has 0 saturated heterocycles. The average Bonchev–Trinajstić information content (AvgIpc) is 2.30. The van der Waals surface area contributed by atoms with Gasteiger partial charge in [-0.05, 0) is 30.7 Å². The molecular weight excluding hydrogens is 202 g/mol. The molecule has 1 aromatic rings. The zero-order chi connectivity index (χ0) is 12.0. The van der Waals surface area contributed by atoms with Crippen molar-refractivity contribution in [3.05, 3.63) is 29.8 Å². The predicted molar refractivity (Wildman–Crippen MR) is 64.5 cm³/mol. The number of rotatable bonds is 5. The van der Waals surface area contributed by atoms with E-state index in [2.05, 4.69) is 12.2 Å². The fraction of sp³-hybridized carbons (Fsp3) is 0.385. The third-order valence-electron chi connectivity index (χ3n) is 2.48. The molecule has 0 heterocycles. The molecule has 1 atom stereocenters. The Balaban J connectivity index is 2.58. The second-order valence-electron chi connectivity index (χ2n) is 3.92. The van der Waals surface area contributed by atoms with E-state index >= 15 is 0 Å². The van der Waals surface area contributed by atoms with Gasteiger partial charge in [0.15, 0.2) is 0 Å². The van der Waals surface area contributed by atoms with Crippen LogP contribution in [0.3, 0.4) is 0 Å². The number of anilines is 1. The maximum atomic E-state index is 11.7. The molecule has 0 fully saturated rings. The van der Waals surface area contributed by atoms with Gasteiger partial charge in [-0.15, -0.1) is 0 Å². The number of benzene rings is 1. The zero-order valence-electron chi connectivity index (χ0n) is 9.69. The Morgan fingerprint density at radius 1 is 1.38 bits per heavy atom. The van der Waals surface area contributed by atoms with Gasteiger partial charge >= 0.3 is 0 Å². The molecule has 1 rings (SSSR count). The second kappa shape index (κ2) is 6.05. The van der Waals surface area contributed by atoms with E-state index in [9.17, 15) is 9.59 Å². The van der Waals surface area contributed by atoms with Crippen molar-refractivity contribution >= 4 is 17.9 Å². The van der Waals surface area contributed by atoms with Crippen LogP contribution in [0.5, 0.6) is 0 Å². The highest BCUT2D eigenvalue weighted by atomic mass is 16.1. The molecule has 0 aromatic heterocycles. The first-order valence-electron chi connectivity index (χ1n) is 5.53. The molecule has 1 N–H and O–H groups in total. The molecule has 3 nitrogen and oxygen atoms in total. The number of nitrogens with one attached hydrogen (secondary N) is 1. The Kier molecular flexibility index (Phi) is 4.70. The van der Waals surface area contributed by atoms with Crippen molar-refractivity contribution in [1.82, 2.24) is 0 Å². The van der Waals surface area contributed by atoms with Crippen molar-refractivity contribution in [2.45, 2.75) is 26.7 Å². The monoisotopic (exact) mass is 219 g/mol. The molecule has 1 unspecified atom stereocenters. The quantitative estimate of drug-likeness (QED) is 0.774. The van der Waals surface area contributed by atoms with Gasteiger partial charge in [0.05, 0.1) is 0 Å². The van der Waals surface area contributed by atoms with E-state index in [-0.39, 0.29) is 11.8 Å². The number of amides is 1. The summed E-state index contributed by atoms with van der Waals surface area (Å²) in [5.74, 6) is 0.0523. The van der Waals surface area contributed by atoms with Gasteiger partial charge in [-0.2, -0.15) is 0 Å². The summed E-state index contributed by atoms with van der Waals surface area (Å²) in [6.07, 6.45) is 2.67. The molecule has 86 valence electrons. The molecule has 0 aliphatic carbocycles. The topological polar surface area (TPSA) is 46.2 Å². The lowest BCUT2D eigenvalue weighted by Crippen LogP contribution is -2.20. The van der Waals surface area contributed by atoms with Gasteiger partial charge in [0.2, 0.25) is 5.91 Å².